The van der Waals surface area contributed by atoms with E-state index in [-0.39, 0.29) is 6.67 Å². The fraction of sp³-hybridized carbons (Fsp3) is 0.500. The molecule has 1 aromatic rings. The van der Waals surface area contributed by atoms with Crippen molar-refractivity contribution in [2.24, 2.45) is 0 Å². The van der Waals surface area contributed by atoms with E-state index >= 15 is 0 Å². The van der Waals surface area contributed by atoms with E-state index in [4.69, 9.17) is 0 Å². The molecule has 0 aliphatic rings. The molecular weight excluding hydrogens is 227 g/mol. The van der Waals surface area contributed by atoms with Crippen LogP contribution in [0.3, 0.4) is 0 Å². The first-order chi connectivity index (χ1) is 7.48. The van der Waals surface area contributed by atoms with Crippen molar-refractivity contribution in [1.82, 2.24) is 0 Å². The molecule has 0 heterocycles. The van der Waals surface area contributed by atoms with Gasteiger partial charge in [0.05, 0.1) is 16.8 Å². The zero-order chi connectivity index (χ0) is 12.2. The molecule has 0 radical (unpaired) electrons. The van der Waals surface area contributed by atoms with Gasteiger partial charge in [0.15, 0.2) is 9.84 Å². The van der Waals surface area contributed by atoms with E-state index in [0.717, 1.165) is 5.56 Å². The molecule has 16 heavy (non-hydrogen) atoms. The molecule has 0 spiro atoms. The van der Waals surface area contributed by atoms with Gasteiger partial charge in [-0.3, -0.25) is 4.39 Å². The van der Waals surface area contributed by atoms with E-state index in [1.807, 2.05) is 6.07 Å². The molecule has 0 fully saturated rings. The van der Waals surface area contributed by atoms with Crippen LogP contribution in [-0.2, 0) is 16.3 Å². The van der Waals surface area contributed by atoms with E-state index in [2.05, 4.69) is 0 Å². The number of benzene rings is 1. The average molecular weight is 244 g/mol. The van der Waals surface area contributed by atoms with Crippen molar-refractivity contribution in [3.05, 3.63) is 29.8 Å². The summed E-state index contributed by atoms with van der Waals surface area (Å²) in [6, 6.07) is 6.77. The van der Waals surface area contributed by atoms with Crippen LogP contribution < -0.4 is 0 Å². The number of rotatable bonds is 5. The highest BCUT2D eigenvalue weighted by molar-refractivity contribution is 7.92. The largest absolute Gasteiger partial charge is 0.251 e. The van der Waals surface area contributed by atoms with E-state index in [1.165, 1.54) is 0 Å². The normalized spacial score (nSPS) is 12.0. The van der Waals surface area contributed by atoms with Crippen LogP contribution in [0.2, 0.25) is 0 Å². The molecule has 1 rings (SSSR count). The Labute approximate surface area is 96.4 Å². The highest BCUT2D eigenvalue weighted by atomic mass is 32.2. The second-order valence-electron chi connectivity index (χ2n) is 4.03. The van der Waals surface area contributed by atoms with Gasteiger partial charge in [-0.25, -0.2) is 8.42 Å². The van der Waals surface area contributed by atoms with E-state index < -0.39 is 15.1 Å². The van der Waals surface area contributed by atoms with Crippen LogP contribution in [0.4, 0.5) is 4.39 Å². The predicted octanol–water partition coefficient (Wildman–Crippen LogP) is 2.77. The van der Waals surface area contributed by atoms with Crippen molar-refractivity contribution in [3.63, 3.8) is 0 Å². The summed E-state index contributed by atoms with van der Waals surface area (Å²) in [4.78, 5) is 0.332. The van der Waals surface area contributed by atoms with Gasteiger partial charge in [0.1, 0.15) is 0 Å². The highest BCUT2D eigenvalue weighted by Crippen LogP contribution is 2.17. The molecule has 0 aliphatic carbocycles. The Morgan fingerprint density at radius 3 is 2.56 bits per heavy atom. The SMILES string of the molecule is CC(C)S(=O)(=O)c1cccc(CCCF)c1. The lowest BCUT2D eigenvalue weighted by molar-refractivity contribution is 0.473. The minimum atomic E-state index is -3.22. The lowest BCUT2D eigenvalue weighted by Crippen LogP contribution is -2.14. The third kappa shape index (κ3) is 3.04. The fourth-order valence-electron chi connectivity index (χ4n) is 1.42. The number of hydrogen-bond acceptors (Lipinski definition) is 2. The Hall–Kier alpha value is -0.900. The van der Waals surface area contributed by atoms with Crippen LogP contribution in [0.1, 0.15) is 25.8 Å². The summed E-state index contributed by atoms with van der Waals surface area (Å²) in [7, 11) is -3.22. The second-order valence-corrected chi connectivity index (χ2v) is 6.54. The number of halogens is 1. The van der Waals surface area contributed by atoms with Crippen molar-refractivity contribution in [1.29, 1.82) is 0 Å². The number of sulfone groups is 1. The molecular formula is C12H17FO2S. The summed E-state index contributed by atoms with van der Waals surface area (Å²) < 4.78 is 35.8. The van der Waals surface area contributed by atoms with E-state index in [1.54, 1.807) is 32.0 Å². The van der Waals surface area contributed by atoms with Crippen molar-refractivity contribution >= 4 is 9.84 Å². The van der Waals surface area contributed by atoms with Gasteiger partial charge in [0.25, 0.3) is 0 Å². The first-order valence-corrected chi connectivity index (χ1v) is 6.92. The zero-order valence-electron chi connectivity index (χ0n) is 9.61. The van der Waals surface area contributed by atoms with Gasteiger partial charge < -0.3 is 0 Å². The van der Waals surface area contributed by atoms with Gasteiger partial charge in [0.2, 0.25) is 0 Å². The maximum absolute atomic E-state index is 12.0. The third-order valence-electron chi connectivity index (χ3n) is 2.45. The summed E-state index contributed by atoms with van der Waals surface area (Å²) in [5.74, 6) is 0. The van der Waals surface area contributed by atoms with Crippen LogP contribution in [0, 0.1) is 0 Å². The first kappa shape index (κ1) is 13.2. The van der Waals surface area contributed by atoms with Gasteiger partial charge in [-0.05, 0) is 44.4 Å². The van der Waals surface area contributed by atoms with Crippen LogP contribution in [0.15, 0.2) is 29.2 Å². The molecule has 0 amide bonds. The van der Waals surface area contributed by atoms with Crippen molar-refractivity contribution < 1.29 is 12.8 Å². The summed E-state index contributed by atoms with van der Waals surface area (Å²) in [5.41, 5.74) is 0.874. The summed E-state index contributed by atoms with van der Waals surface area (Å²) in [6.45, 7) is 2.94. The summed E-state index contributed by atoms with van der Waals surface area (Å²) in [5, 5.41) is -0.427. The van der Waals surface area contributed by atoms with Crippen LogP contribution in [-0.4, -0.2) is 20.3 Å². The van der Waals surface area contributed by atoms with Crippen molar-refractivity contribution in [2.45, 2.75) is 36.8 Å². The summed E-state index contributed by atoms with van der Waals surface area (Å²) >= 11 is 0. The minimum Gasteiger partial charge on any atom is -0.251 e. The maximum atomic E-state index is 12.0. The zero-order valence-corrected chi connectivity index (χ0v) is 10.4. The Kier molecular flexibility index (Phi) is 4.47. The Morgan fingerprint density at radius 2 is 2.00 bits per heavy atom. The molecule has 1 aromatic carbocycles. The van der Waals surface area contributed by atoms with E-state index in [0.29, 0.717) is 17.7 Å². The standard InChI is InChI=1S/C12H17FO2S/c1-10(2)16(14,15)12-7-3-5-11(9-12)6-4-8-13/h3,5,7,9-10H,4,6,8H2,1-2H3. The quantitative estimate of drug-likeness (QED) is 0.798. The molecule has 2 nitrogen and oxygen atoms in total. The molecule has 0 N–H and O–H groups in total. The molecule has 0 unspecified atom stereocenters. The number of aryl methyl sites for hydroxylation is 1. The molecule has 90 valence electrons. The highest BCUT2D eigenvalue weighted by Gasteiger charge is 2.18. The molecule has 0 atom stereocenters. The monoisotopic (exact) mass is 244 g/mol. The van der Waals surface area contributed by atoms with Crippen LogP contribution in [0.5, 0.6) is 0 Å². The van der Waals surface area contributed by atoms with Crippen molar-refractivity contribution in [2.75, 3.05) is 6.67 Å². The number of hydrogen-bond donors (Lipinski definition) is 0. The number of alkyl halides is 1. The van der Waals surface area contributed by atoms with Crippen LogP contribution in [0.25, 0.3) is 0 Å². The van der Waals surface area contributed by atoms with E-state index in [9.17, 15) is 12.8 Å². The third-order valence-corrected chi connectivity index (χ3v) is 4.60. The smallest absolute Gasteiger partial charge is 0.180 e. The Bertz CT molecular complexity index is 438. The van der Waals surface area contributed by atoms with Gasteiger partial charge >= 0.3 is 0 Å². The van der Waals surface area contributed by atoms with Gasteiger partial charge in [-0.15, -0.1) is 0 Å². The maximum Gasteiger partial charge on any atom is 0.180 e. The molecule has 0 saturated heterocycles. The van der Waals surface area contributed by atoms with Crippen LogP contribution >= 0.6 is 0 Å². The Morgan fingerprint density at radius 1 is 1.31 bits per heavy atom. The molecule has 4 heteroatoms. The fourth-order valence-corrected chi connectivity index (χ4v) is 2.55. The summed E-state index contributed by atoms with van der Waals surface area (Å²) in [6.07, 6.45) is 1.02. The average Bonchev–Trinajstić information content (AvgIpc) is 2.26. The lowest BCUT2D eigenvalue weighted by atomic mass is 10.1. The van der Waals surface area contributed by atoms with Gasteiger partial charge in [-0.1, -0.05) is 12.1 Å². The minimum absolute atomic E-state index is 0.332. The van der Waals surface area contributed by atoms with Gasteiger partial charge in [0, 0.05) is 0 Å². The molecule has 0 bridgehead atoms. The topological polar surface area (TPSA) is 34.1 Å². The Balaban J connectivity index is 2.99. The molecule has 0 aromatic heterocycles. The molecule has 0 saturated carbocycles. The molecule has 0 aliphatic heterocycles. The van der Waals surface area contributed by atoms with Gasteiger partial charge in [-0.2, -0.15) is 0 Å². The predicted molar refractivity (Wildman–Crippen MR) is 63.1 cm³/mol. The van der Waals surface area contributed by atoms with Crippen molar-refractivity contribution in [3.8, 4) is 0 Å². The lowest BCUT2D eigenvalue weighted by Gasteiger charge is -2.09. The first-order valence-electron chi connectivity index (χ1n) is 5.37. The second kappa shape index (κ2) is 5.43.